The maximum atomic E-state index is 3.46. The molecule has 0 atom stereocenters. The molecule has 0 saturated carbocycles. The molecule has 0 aliphatic heterocycles. The highest BCUT2D eigenvalue weighted by Crippen LogP contribution is 1.61. The number of hydrogen-bond acceptors (Lipinski definition) is 0. The van der Waals surface area contributed by atoms with Gasteiger partial charge in [-0.3, -0.25) is 0 Å². The molecular formula is C3H8AlCl3. The highest BCUT2D eigenvalue weighted by atomic mass is 35.5. The van der Waals surface area contributed by atoms with Gasteiger partial charge in [-0.05, 0) is 0 Å². The van der Waals surface area contributed by atoms with Gasteiger partial charge in [-0.1, -0.05) is 0 Å². The van der Waals surface area contributed by atoms with Crippen LogP contribution in [0, 0.1) is 0 Å². The Bertz CT molecular complexity index is 24.1. The minimum Gasteiger partial charge on any atom is -0.147 e. The van der Waals surface area contributed by atoms with Crippen molar-refractivity contribution >= 4 is 53.5 Å². The smallest absolute Gasteiger partial charge is 0.124 e. The minimum atomic E-state index is 0. The first-order valence-corrected chi connectivity index (χ1v) is 2.04. The number of hydrogen-bond donors (Lipinski definition) is 0. The largest absolute Gasteiger partial charge is 0.147 e. The fourth-order valence-electron chi connectivity index (χ4n) is 0. The molecule has 0 aliphatic rings. The van der Waals surface area contributed by atoms with Gasteiger partial charge in [0.2, 0.25) is 0 Å². The Morgan fingerprint density at radius 2 is 1.43 bits per heavy atom. The molecule has 0 rings (SSSR count). The van der Waals surface area contributed by atoms with Gasteiger partial charge in [-0.25, -0.2) is 0 Å². The van der Waals surface area contributed by atoms with E-state index in [-0.39, 0.29) is 37.2 Å². The number of halogens is 3. The predicted molar refractivity (Wildman–Crippen MR) is 42.5 cm³/mol. The van der Waals surface area contributed by atoms with Gasteiger partial charge in [-0.2, -0.15) is 0 Å². The van der Waals surface area contributed by atoms with Gasteiger partial charge in [0.05, 0.1) is 0 Å². The standard InChI is InChI=1S/C3H5.Al.3ClH/c1-3-2;;;;/h3H,1-2H2;;3*1H. The van der Waals surface area contributed by atoms with E-state index in [1.54, 1.807) is 0 Å². The average molecular weight is 177 g/mol. The second-order valence-electron chi connectivity index (χ2n) is 0.524. The molecule has 0 saturated heterocycles. The highest BCUT2D eigenvalue weighted by Gasteiger charge is 1.46. The summed E-state index contributed by atoms with van der Waals surface area (Å²) in [5.74, 6) is 0. The van der Waals surface area contributed by atoms with E-state index < -0.39 is 0 Å². The van der Waals surface area contributed by atoms with Gasteiger partial charge in [0, 0.05) is 0 Å². The lowest BCUT2D eigenvalue weighted by Gasteiger charge is -1.58. The fraction of sp³-hybridized carbons (Fsp3) is 0.333. The maximum Gasteiger partial charge on any atom is 0.124 e. The van der Waals surface area contributed by atoms with Crippen LogP contribution < -0.4 is 0 Å². The first kappa shape index (κ1) is 24.2. The molecule has 0 nitrogen and oxygen atoms in total. The summed E-state index contributed by atoms with van der Waals surface area (Å²) in [5, 5.41) is 1.00. The Hall–Kier alpha value is 1.14. The Kier molecular flexibility index (Phi) is 94.4. The van der Waals surface area contributed by atoms with Crippen LogP contribution in [0.2, 0.25) is 5.28 Å². The van der Waals surface area contributed by atoms with Crippen molar-refractivity contribution in [2.24, 2.45) is 0 Å². The van der Waals surface area contributed by atoms with E-state index in [2.05, 4.69) is 22.9 Å². The number of allylic oxidation sites excluding steroid dienone is 1. The molecule has 0 aromatic rings. The van der Waals surface area contributed by atoms with Gasteiger partial charge in [-0.15, -0.1) is 55.2 Å². The van der Waals surface area contributed by atoms with Crippen LogP contribution in [-0.2, 0) is 0 Å². The molecule has 0 aromatic heterocycles. The summed E-state index contributed by atoms with van der Waals surface area (Å²) in [4.78, 5) is 0. The summed E-state index contributed by atoms with van der Waals surface area (Å²) in [6.45, 7) is 3.46. The summed E-state index contributed by atoms with van der Waals surface area (Å²) in [5.41, 5.74) is 0. The Morgan fingerprint density at radius 3 is 1.43 bits per heavy atom. The molecule has 0 heterocycles. The molecule has 7 heavy (non-hydrogen) atoms. The molecular weight excluding hydrogens is 169 g/mol. The van der Waals surface area contributed by atoms with Crippen LogP contribution in [0.1, 0.15) is 0 Å². The molecule has 4 heteroatoms. The molecule has 0 aliphatic carbocycles. The highest BCUT2D eigenvalue weighted by molar-refractivity contribution is 6.09. The lowest BCUT2D eigenvalue weighted by atomic mass is 10.8. The molecule has 0 amide bonds. The topological polar surface area (TPSA) is 0 Å². The molecule has 0 aromatic carbocycles. The van der Waals surface area contributed by atoms with Gasteiger partial charge < -0.3 is 0 Å². The second kappa shape index (κ2) is 27.3. The molecule has 2 radical (unpaired) electrons. The van der Waals surface area contributed by atoms with Gasteiger partial charge >= 0.3 is 0 Å². The lowest BCUT2D eigenvalue weighted by molar-refractivity contribution is 1.76. The van der Waals surface area contributed by atoms with E-state index in [0.717, 1.165) is 5.28 Å². The van der Waals surface area contributed by atoms with Crippen molar-refractivity contribution in [2.45, 2.75) is 5.28 Å². The van der Waals surface area contributed by atoms with Crippen molar-refractivity contribution in [3.05, 3.63) is 12.7 Å². The van der Waals surface area contributed by atoms with Crippen molar-refractivity contribution in [2.75, 3.05) is 0 Å². The molecule has 0 bridgehead atoms. The van der Waals surface area contributed by atoms with Crippen LogP contribution in [-0.4, -0.2) is 16.3 Å². The average Bonchev–Trinajstić information content (AvgIpc) is 1.37. The molecule has 0 spiro atoms. The van der Waals surface area contributed by atoms with Gasteiger partial charge in [0.15, 0.2) is 0 Å². The lowest BCUT2D eigenvalue weighted by Crippen LogP contribution is -1.47. The van der Waals surface area contributed by atoms with Crippen LogP contribution >= 0.6 is 37.2 Å². The van der Waals surface area contributed by atoms with Crippen molar-refractivity contribution in [3.8, 4) is 0 Å². The van der Waals surface area contributed by atoms with E-state index in [0.29, 0.717) is 0 Å². The van der Waals surface area contributed by atoms with Crippen LogP contribution in [0.25, 0.3) is 0 Å². The Labute approximate surface area is 71.4 Å². The van der Waals surface area contributed by atoms with Crippen LogP contribution in [0.4, 0.5) is 0 Å². The molecule has 0 N–H and O–H groups in total. The third kappa shape index (κ3) is 41.1. The minimum absolute atomic E-state index is 0. The molecule has 44 valence electrons. The van der Waals surface area contributed by atoms with E-state index >= 15 is 0 Å². The maximum absolute atomic E-state index is 3.46. The fourth-order valence-corrected chi connectivity index (χ4v) is 0. The van der Waals surface area contributed by atoms with Crippen molar-refractivity contribution in [1.82, 2.24) is 0 Å². The van der Waals surface area contributed by atoms with Gasteiger partial charge in [0.25, 0.3) is 0 Å². The van der Waals surface area contributed by atoms with E-state index in [4.69, 9.17) is 0 Å². The summed E-state index contributed by atoms with van der Waals surface area (Å²) in [6.07, 6.45) is 1.84. The van der Waals surface area contributed by atoms with Crippen molar-refractivity contribution in [3.63, 3.8) is 0 Å². The van der Waals surface area contributed by atoms with E-state index in [9.17, 15) is 0 Å². The molecule has 0 unspecified atom stereocenters. The SMILES string of the molecule is C=C[CH2][Al].Cl.Cl.Cl. The summed E-state index contributed by atoms with van der Waals surface area (Å²) >= 11 is 2.54. The quantitative estimate of drug-likeness (QED) is 0.425. The van der Waals surface area contributed by atoms with Crippen molar-refractivity contribution < 1.29 is 0 Å². The number of rotatable bonds is 1. The Balaban J connectivity index is -0.0000000150. The first-order chi connectivity index (χ1) is 1.91. The zero-order chi connectivity index (χ0) is 3.41. The van der Waals surface area contributed by atoms with Crippen LogP contribution in [0.5, 0.6) is 0 Å². The molecule has 0 fully saturated rings. The van der Waals surface area contributed by atoms with Crippen LogP contribution in [0.15, 0.2) is 12.7 Å². The third-order valence-electron chi connectivity index (χ3n) is 0.167. The third-order valence-corrected chi connectivity index (χ3v) is 0.500. The van der Waals surface area contributed by atoms with E-state index in [1.807, 2.05) is 6.08 Å². The Morgan fingerprint density at radius 1 is 1.29 bits per heavy atom. The summed E-state index contributed by atoms with van der Waals surface area (Å²) in [6, 6.07) is 0. The summed E-state index contributed by atoms with van der Waals surface area (Å²) < 4.78 is 0. The normalized spacial score (nSPS) is 3.43. The summed E-state index contributed by atoms with van der Waals surface area (Å²) in [7, 11) is 0. The predicted octanol–water partition coefficient (Wildman–Crippen LogP) is 2.02. The zero-order valence-corrected chi connectivity index (χ0v) is 7.40. The first-order valence-electron chi connectivity index (χ1n) is 1.22. The van der Waals surface area contributed by atoms with Crippen molar-refractivity contribution in [1.29, 1.82) is 0 Å². The van der Waals surface area contributed by atoms with Gasteiger partial charge in [0.1, 0.15) is 16.3 Å². The second-order valence-corrected chi connectivity index (χ2v) is 0.996. The zero-order valence-electron chi connectivity index (χ0n) is 3.79. The van der Waals surface area contributed by atoms with Crippen LogP contribution in [0.3, 0.4) is 0 Å². The monoisotopic (exact) mass is 176 g/mol. The van der Waals surface area contributed by atoms with E-state index in [1.165, 1.54) is 0 Å².